The summed E-state index contributed by atoms with van der Waals surface area (Å²) in [5.74, 6) is -0.523. The molecule has 4 atom stereocenters. The van der Waals surface area contributed by atoms with Gasteiger partial charge in [-0.3, -0.25) is 9.59 Å². The van der Waals surface area contributed by atoms with Crippen LogP contribution >= 0.6 is 0 Å². The number of amides is 1. The molecule has 19 heavy (non-hydrogen) atoms. The molecular weight excluding hydrogens is 244 g/mol. The molecule has 1 amide bonds. The smallest absolute Gasteiger partial charge is 0.308 e. The van der Waals surface area contributed by atoms with E-state index < -0.39 is 5.97 Å². The summed E-state index contributed by atoms with van der Waals surface area (Å²) in [6.45, 7) is 4.71. The molecule has 2 rings (SSSR count). The summed E-state index contributed by atoms with van der Waals surface area (Å²) < 4.78 is 0. The third-order valence-electron chi connectivity index (χ3n) is 4.43. The van der Waals surface area contributed by atoms with E-state index >= 15 is 0 Å². The van der Waals surface area contributed by atoms with E-state index in [9.17, 15) is 14.7 Å². The molecule has 2 aliphatic rings. The molecule has 0 aromatic carbocycles. The number of rotatable bonds is 6. The summed E-state index contributed by atoms with van der Waals surface area (Å²) in [6, 6.07) is 0.213. The Labute approximate surface area is 114 Å². The molecule has 0 heterocycles. The molecule has 0 saturated heterocycles. The second-order valence-corrected chi connectivity index (χ2v) is 6.15. The van der Waals surface area contributed by atoms with Gasteiger partial charge in [0, 0.05) is 25.0 Å². The Morgan fingerprint density at radius 2 is 1.95 bits per heavy atom. The number of nitrogens with one attached hydrogen (secondary N) is 2. The Morgan fingerprint density at radius 1 is 1.26 bits per heavy atom. The standard InChI is InChI=1S/C14H24N2O3/c1-8(2)15-6-5-11(17)16-13-10-4-3-9(7-10)12(13)14(18)19/h8-10,12-13,15H,3-7H2,1-2H3,(H,16,17)(H,18,19). The highest BCUT2D eigenvalue weighted by Gasteiger charge is 2.51. The van der Waals surface area contributed by atoms with Gasteiger partial charge in [0.25, 0.3) is 0 Å². The molecule has 0 aromatic heterocycles. The molecule has 0 aliphatic heterocycles. The van der Waals surface area contributed by atoms with Crippen molar-refractivity contribution >= 4 is 11.9 Å². The van der Waals surface area contributed by atoms with Crippen molar-refractivity contribution in [1.29, 1.82) is 0 Å². The number of hydrogen-bond donors (Lipinski definition) is 3. The maximum atomic E-state index is 11.9. The Bertz CT molecular complexity index is 357. The predicted octanol–water partition coefficient (Wildman–Crippen LogP) is 0.990. The molecule has 2 bridgehead atoms. The van der Waals surface area contributed by atoms with E-state index in [1.54, 1.807) is 0 Å². The minimum atomic E-state index is -0.752. The van der Waals surface area contributed by atoms with Gasteiger partial charge in [-0.15, -0.1) is 0 Å². The van der Waals surface area contributed by atoms with E-state index in [1.165, 1.54) is 0 Å². The second kappa shape index (κ2) is 5.90. The van der Waals surface area contributed by atoms with Crippen LogP contribution in [0.15, 0.2) is 0 Å². The highest BCUT2D eigenvalue weighted by Crippen LogP contribution is 2.48. The largest absolute Gasteiger partial charge is 0.481 e. The summed E-state index contributed by atoms with van der Waals surface area (Å²) in [7, 11) is 0. The third-order valence-corrected chi connectivity index (χ3v) is 4.43. The van der Waals surface area contributed by atoms with Crippen LogP contribution in [0.2, 0.25) is 0 Å². The zero-order valence-electron chi connectivity index (χ0n) is 11.7. The number of carbonyl (C=O) groups excluding carboxylic acids is 1. The van der Waals surface area contributed by atoms with Gasteiger partial charge in [-0.05, 0) is 31.1 Å². The fourth-order valence-corrected chi connectivity index (χ4v) is 3.59. The zero-order chi connectivity index (χ0) is 14.0. The predicted molar refractivity (Wildman–Crippen MR) is 71.6 cm³/mol. The van der Waals surface area contributed by atoms with Crippen molar-refractivity contribution in [3.8, 4) is 0 Å². The Morgan fingerprint density at radius 3 is 2.58 bits per heavy atom. The van der Waals surface area contributed by atoms with E-state index in [0.29, 0.717) is 24.9 Å². The van der Waals surface area contributed by atoms with Gasteiger partial charge in [-0.25, -0.2) is 0 Å². The average Bonchev–Trinajstić information content (AvgIpc) is 2.88. The van der Waals surface area contributed by atoms with Crippen LogP contribution in [0.5, 0.6) is 0 Å². The lowest BCUT2D eigenvalue weighted by molar-refractivity contribution is -0.144. The molecule has 3 N–H and O–H groups in total. The molecular formula is C14H24N2O3. The quantitative estimate of drug-likeness (QED) is 0.671. The lowest BCUT2D eigenvalue weighted by Gasteiger charge is -2.28. The third kappa shape index (κ3) is 3.26. The first-order chi connectivity index (χ1) is 8.99. The second-order valence-electron chi connectivity index (χ2n) is 6.15. The summed E-state index contributed by atoms with van der Waals surface area (Å²) in [5, 5.41) is 15.5. The van der Waals surface area contributed by atoms with Crippen molar-refractivity contribution in [1.82, 2.24) is 10.6 Å². The van der Waals surface area contributed by atoms with Crippen molar-refractivity contribution in [2.24, 2.45) is 17.8 Å². The fraction of sp³-hybridized carbons (Fsp3) is 0.857. The Hall–Kier alpha value is -1.10. The van der Waals surface area contributed by atoms with Crippen LogP contribution in [0.1, 0.15) is 39.5 Å². The number of hydrogen-bond acceptors (Lipinski definition) is 3. The number of carboxylic acids is 1. The first-order valence-corrected chi connectivity index (χ1v) is 7.24. The van der Waals surface area contributed by atoms with Gasteiger partial charge in [0.05, 0.1) is 5.92 Å². The first-order valence-electron chi connectivity index (χ1n) is 7.24. The molecule has 2 fully saturated rings. The molecule has 2 aliphatic carbocycles. The molecule has 0 spiro atoms. The number of carbonyl (C=O) groups is 2. The summed E-state index contributed by atoms with van der Waals surface area (Å²) in [6.07, 6.45) is 3.44. The molecule has 2 saturated carbocycles. The lowest BCUT2D eigenvalue weighted by atomic mass is 9.84. The van der Waals surface area contributed by atoms with Crippen LogP contribution in [0.25, 0.3) is 0 Å². The minimum absolute atomic E-state index is 0.0306. The lowest BCUT2D eigenvalue weighted by Crippen LogP contribution is -2.47. The van der Waals surface area contributed by atoms with Crippen LogP contribution in [-0.2, 0) is 9.59 Å². The van der Waals surface area contributed by atoms with Crippen molar-refractivity contribution in [3.05, 3.63) is 0 Å². The van der Waals surface area contributed by atoms with E-state index in [-0.39, 0.29) is 23.8 Å². The van der Waals surface area contributed by atoms with E-state index in [2.05, 4.69) is 10.6 Å². The molecule has 0 radical (unpaired) electrons. The highest BCUT2D eigenvalue weighted by atomic mass is 16.4. The maximum absolute atomic E-state index is 11.9. The van der Waals surface area contributed by atoms with E-state index in [4.69, 9.17) is 0 Å². The van der Waals surface area contributed by atoms with Gasteiger partial charge >= 0.3 is 5.97 Å². The van der Waals surface area contributed by atoms with Crippen molar-refractivity contribution in [3.63, 3.8) is 0 Å². The zero-order valence-corrected chi connectivity index (χ0v) is 11.7. The topological polar surface area (TPSA) is 78.4 Å². The molecule has 0 aromatic rings. The Kier molecular flexibility index (Phi) is 4.45. The van der Waals surface area contributed by atoms with Gasteiger partial charge in [-0.1, -0.05) is 13.8 Å². The average molecular weight is 268 g/mol. The Balaban J connectivity index is 1.84. The van der Waals surface area contributed by atoms with Crippen LogP contribution in [0.3, 0.4) is 0 Å². The minimum Gasteiger partial charge on any atom is -0.481 e. The number of carboxylic acid groups (broad SMARTS) is 1. The number of fused-ring (bicyclic) bond motifs is 2. The first kappa shape index (κ1) is 14.3. The van der Waals surface area contributed by atoms with E-state index in [1.807, 2.05) is 13.8 Å². The van der Waals surface area contributed by atoms with Crippen LogP contribution in [-0.4, -0.2) is 35.6 Å². The van der Waals surface area contributed by atoms with Crippen molar-refractivity contribution in [2.45, 2.75) is 51.6 Å². The SMILES string of the molecule is CC(C)NCCC(=O)NC1C2CCC(C2)C1C(=O)O. The van der Waals surface area contributed by atoms with Gasteiger partial charge in [-0.2, -0.15) is 0 Å². The van der Waals surface area contributed by atoms with Crippen LogP contribution < -0.4 is 10.6 Å². The number of aliphatic carboxylic acids is 1. The van der Waals surface area contributed by atoms with Gasteiger partial charge in [0.15, 0.2) is 0 Å². The van der Waals surface area contributed by atoms with Crippen molar-refractivity contribution < 1.29 is 14.7 Å². The summed E-state index contributed by atoms with van der Waals surface area (Å²) in [5.41, 5.74) is 0. The maximum Gasteiger partial charge on any atom is 0.308 e. The fourth-order valence-electron chi connectivity index (χ4n) is 3.59. The van der Waals surface area contributed by atoms with Crippen LogP contribution in [0.4, 0.5) is 0 Å². The monoisotopic (exact) mass is 268 g/mol. The van der Waals surface area contributed by atoms with Gasteiger partial charge in [0.1, 0.15) is 0 Å². The molecule has 5 heteroatoms. The summed E-state index contributed by atoms with van der Waals surface area (Å²) in [4.78, 5) is 23.2. The molecule has 4 unspecified atom stereocenters. The highest BCUT2D eigenvalue weighted by molar-refractivity contribution is 5.79. The van der Waals surface area contributed by atoms with Gasteiger partial charge < -0.3 is 15.7 Å². The normalized spacial score (nSPS) is 32.8. The molecule has 108 valence electrons. The van der Waals surface area contributed by atoms with Crippen LogP contribution in [0, 0.1) is 17.8 Å². The van der Waals surface area contributed by atoms with Crippen molar-refractivity contribution in [2.75, 3.05) is 6.54 Å². The molecule has 5 nitrogen and oxygen atoms in total. The van der Waals surface area contributed by atoms with E-state index in [0.717, 1.165) is 19.3 Å². The summed E-state index contributed by atoms with van der Waals surface area (Å²) >= 11 is 0. The van der Waals surface area contributed by atoms with Gasteiger partial charge in [0.2, 0.25) is 5.91 Å².